The Morgan fingerprint density at radius 2 is 1.75 bits per heavy atom. The highest BCUT2D eigenvalue weighted by Crippen LogP contribution is 2.49. The summed E-state index contributed by atoms with van der Waals surface area (Å²) in [7, 11) is 0. The van der Waals surface area contributed by atoms with Crippen molar-refractivity contribution in [3.8, 4) is 5.75 Å². The number of para-hydroxylation sites is 1. The Hall–Kier alpha value is -1.84. The van der Waals surface area contributed by atoms with Gasteiger partial charge in [0.25, 0.3) is 0 Å². The fourth-order valence-electron chi connectivity index (χ4n) is 4.64. The molecule has 0 saturated heterocycles. The van der Waals surface area contributed by atoms with Crippen molar-refractivity contribution >= 4 is 0 Å². The van der Waals surface area contributed by atoms with Gasteiger partial charge in [0.2, 0.25) is 0 Å². The number of ether oxygens (including phenoxy) is 1. The van der Waals surface area contributed by atoms with Crippen LogP contribution in [0.5, 0.6) is 5.75 Å². The number of aliphatic hydroxyl groups excluding tert-OH is 1. The molecular weight excluding hydrogens is 298 g/mol. The van der Waals surface area contributed by atoms with Crippen molar-refractivity contribution in [2.45, 2.75) is 55.9 Å². The molecule has 3 atom stereocenters. The van der Waals surface area contributed by atoms with Crippen LogP contribution in [0.25, 0.3) is 0 Å². The maximum Gasteiger partial charge on any atom is 0.124 e. The van der Waals surface area contributed by atoms with Crippen LogP contribution in [0.4, 0.5) is 0 Å². The van der Waals surface area contributed by atoms with Crippen LogP contribution in [-0.2, 0) is 6.42 Å². The molecule has 1 aliphatic heterocycles. The highest BCUT2D eigenvalue weighted by Gasteiger charge is 2.46. The summed E-state index contributed by atoms with van der Waals surface area (Å²) in [6.07, 6.45) is 4.92. The summed E-state index contributed by atoms with van der Waals surface area (Å²) in [4.78, 5) is 0. The van der Waals surface area contributed by atoms with Crippen LogP contribution in [0.3, 0.4) is 0 Å². The molecule has 1 heterocycles. The summed E-state index contributed by atoms with van der Waals surface area (Å²) in [5, 5.41) is 14.4. The minimum absolute atomic E-state index is 0.00878. The Kier molecular flexibility index (Phi) is 3.22. The molecule has 5 rings (SSSR count). The number of hydrogen-bond acceptors (Lipinski definition) is 3. The van der Waals surface area contributed by atoms with E-state index < -0.39 is 0 Å². The minimum atomic E-state index is -0.352. The lowest BCUT2D eigenvalue weighted by atomic mass is 9.72. The first-order valence-electron chi connectivity index (χ1n) is 9.04. The van der Waals surface area contributed by atoms with Crippen molar-refractivity contribution in [3.63, 3.8) is 0 Å². The Morgan fingerprint density at radius 1 is 1.00 bits per heavy atom. The topological polar surface area (TPSA) is 41.5 Å². The summed E-state index contributed by atoms with van der Waals surface area (Å²) in [5.41, 5.74) is 3.75. The molecule has 2 aromatic rings. The second-order valence-electron chi connectivity index (χ2n) is 7.55. The zero-order chi connectivity index (χ0) is 16.1. The smallest absolute Gasteiger partial charge is 0.124 e. The van der Waals surface area contributed by atoms with Crippen molar-refractivity contribution in [1.29, 1.82) is 0 Å². The molecule has 2 N–H and O–H groups in total. The molecule has 1 fully saturated rings. The Balaban J connectivity index is 1.48. The van der Waals surface area contributed by atoms with E-state index in [1.807, 2.05) is 6.07 Å². The lowest BCUT2D eigenvalue weighted by Crippen LogP contribution is -2.49. The van der Waals surface area contributed by atoms with Gasteiger partial charge in [0, 0.05) is 24.4 Å². The first-order valence-corrected chi connectivity index (χ1v) is 9.04. The maximum absolute atomic E-state index is 10.6. The Labute approximate surface area is 142 Å². The van der Waals surface area contributed by atoms with Crippen LogP contribution in [0.1, 0.15) is 54.5 Å². The molecule has 24 heavy (non-hydrogen) atoms. The molecule has 0 radical (unpaired) electrons. The van der Waals surface area contributed by atoms with Crippen LogP contribution in [-0.4, -0.2) is 16.8 Å². The molecule has 0 aromatic heterocycles. The fraction of sp³-hybridized carbons (Fsp3) is 0.429. The average Bonchev–Trinajstić information content (AvgIpc) is 2.89. The van der Waals surface area contributed by atoms with E-state index >= 15 is 0 Å². The van der Waals surface area contributed by atoms with E-state index in [1.165, 1.54) is 23.1 Å². The number of benzene rings is 2. The van der Waals surface area contributed by atoms with Crippen molar-refractivity contribution < 1.29 is 9.84 Å². The van der Waals surface area contributed by atoms with Gasteiger partial charge in [-0.15, -0.1) is 0 Å². The van der Waals surface area contributed by atoms with Crippen LogP contribution in [0, 0.1) is 0 Å². The standard InChI is InChI=1S/C21H23NO2/c23-18-12-14-6-1-2-7-15(14)20(18)22-17-13-21(10-5-11-21)24-19-9-4-3-8-16(17)19/h1-4,6-9,17-18,20,22-23H,5,10-13H2/t17-,18+,20+/m0/s1. The number of hydrogen-bond donors (Lipinski definition) is 2. The zero-order valence-electron chi connectivity index (χ0n) is 13.7. The van der Waals surface area contributed by atoms with Gasteiger partial charge in [-0.3, -0.25) is 0 Å². The third kappa shape index (κ3) is 2.19. The Bertz CT molecular complexity index is 768. The highest BCUT2D eigenvalue weighted by atomic mass is 16.5. The van der Waals surface area contributed by atoms with Gasteiger partial charge in [0.15, 0.2) is 0 Å². The highest BCUT2D eigenvalue weighted by molar-refractivity contribution is 5.41. The van der Waals surface area contributed by atoms with E-state index in [9.17, 15) is 5.11 Å². The molecular formula is C21H23NO2. The molecule has 3 nitrogen and oxygen atoms in total. The van der Waals surface area contributed by atoms with Crippen LogP contribution < -0.4 is 10.1 Å². The summed E-state index contributed by atoms with van der Waals surface area (Å²) in [6, 6.07) is 17.0. The van der Waals surface area contributed by atoms with Crippen LogP contribution in [0.2, 0.25) is 0 Å². The van der Waals surface area contributed by atoms with Gasteiger partial charge in [-0.25, -0.2) is 0 Å². The zero-order valence-corrected chi connectivity index (χ0v) is 13.7. The number of rotatable bonds is 2. The van der Waals surface area contributed by atoms with E-state index in [2.05, 4.69) is 47.8 Å². The van der Waals surface area contributed by atoms with Gasteiger partial charge in [-0.1, -0.05) is 42.5 Å². The van der Waals surface area contributed by atoms with Crippen LogP contribution >= 0.6 is 0 Å². The summed E-state index contributed by atoms with van der Waals surface area (Å²) < 4.78 is 6.34. The molecule has 1 spiro atoms. The molecule has 0 unspecified atom stereocenters. The number of aliphatic hydroxyl groups is 1. The van der Waals surface area contributed by atoms with Gasteiger partial charge in [0.05, 0.1) is 12.1 Å². The van der Waals surface area contributed by atoms with Gasteiger partial charge in [-0.05, 0) is 36.5 Å². The second kappa shape index (κ2) is 5.33. The molecule has 2 aliphatic carbocycles. The van der Waals surface area contributed by atoms with E-state index in [0.29, 0.717) is 0 Å². The minimum Gasteiger partial charge on any atom is -0.487 e. The first kappa shape index (κ1) is 14.5. The van der Waals surface area contributed by atoms with Gasteiger partial charge >= 0.3 is 0 Å². The number of nitrogens with one attached hydrogen (secondary N) is 1. The first-order chi connectivity index (χ1) is 11.7. The summed E-state index contributed by atoms with van der Waals surface area (Å²) in [5.74, 6) is 1.02. The molecule has 1 saturated carbocycles. The van der Waals surface area contributed by atoms with Gasteiger partial charge < -0.3 is 15.2 Å². The van der Waals surface area contributed by atoms with E-state index in [0.717, 1.165) is 31.4 Å². The molecule has 0 amide bonds. The SMILES string of the molecule is O[C@@H]1Cc2ccccc2[C@H]1N[C@H]1CC2(CCC2)Oc2ccccc21. The molecule has 124 valence electrons. The van der Waals surface area contributed by atoms with Crippen molar-refractivity contribution in [3.05, 3.63) is 65.2 Å². The quantitative estimate of drug-likeness (QED) is 0.886. The normalized spacial score (nSPS) is 29.5. The lowest BCUT2D eigenvalue weighted by molar-refractivity contribution is -0.0399. The molecule has 2 aromatic carbocycles. The third-order valence-electron chi connectivity index (χ3n) is 6.05. The van der Waals surface area contributed by atoms with E-state index in [4.69, 9.17) is 4.74 Å². The van der Waals surface area contributed by atoms with Crippen molar-refractivity contribution in [2.24, 2.45) is 0 Å². The van der Waals surface area contributed by atoms with Crippen molar-refractivity contribution in [2.75, 3.05) is 0 Å². The monoisotopic (exact) mass is 321 g/mol. The summed E-state index contributed by atoms with van der Waals surface area (Å²) >= 11 is 0. The van der Waals surface area contributed by atoms with Gasteiger partial charge in [0.1, 0.15) is 11.4 Å². The van der Waals surface area contributed by atoms with Crippen LogP contribution in [0.15, 0.2) is 48.5 Å². The summed E-state index contributed by atoms with van der Waals surface area (Å²) in [6.45, 7) is 0. The van der Waals surface area contributed by atoms with E-state index in [1.54, 1.807) is 0 Å². The van der Waals surface area contributed by atoms with Crippen molar-refractivity contribution in [1.82, 2.24) is 5.32 Å². The van der Waals surface area contributed by atoms with Gasteiger partial charge in [-0.2, -0.15) is 0 Å². The Morgan fingerprint density at radius 3 is 2.54 bits per heavy atom. The third-order valence-corrected chi connectivity index (χ3v) is 6.05. The molecule has 3 heteroatoms. The largest absolute Gasteiger partial charge is 0.487 e. The lowest BCUT2D eigenvalue weighted by Gasteiger charge is -2.48. The predicted octanol–water partition coefficient (Wildman–Crippen LogP) is 3.68. The molecule has 3 aliphatic rings. The average molecular weight is 321 g/mol. The number of fused-ring (bicyclic) bond motifs is 2. The predicted molar refractivity (Wildman–Crippen MR) is 93.0 cm³/mol. The maximum atomic E-state index is 10.6. The second-order valence-corrected chi connectivity index (χ2v) is 7.55. The molecule has 0 bridgehead atoms. The van der Waals surface area contributed by atoms with E-state index in [-0.39, 0.29) is 23.8 Å². The fourth-order valence-corrected chi connectivity index (χ4v) is 4.64.